The van der Waals surface area contributed by atoms with Gasteiger partial charge in [-0.15, -0.1) is 0 Å². The van der Waals surface area contributed by atoms with Gasteiger partial charge >= 0.3 is 0 Å². The summed E-state index contributed by atoms with van der Waals surface area (Å²) in [5.41, 5.74) is 2.03. The molecule has 1 fully saturated rings. The van der Waals surface area contributed by atoms with Crippen LogP contribution >= 0.6 is 0 Å². The van der Waals surface area contributed by atoms with Crippen molar-refractivity contribution in [1.29, 1.82) is 0 Å². The lowest BCUT2D eigenvalue weighted by atomic mass is 9.85. The van der Waals surface area contributed by atoms with Gasteiger partial charge in [-0.2, -0.15) is 0 Å². The highest BCUT2D eigenvalue weighted by molar-refractivity contribution is 5.15. The summed E-state index contributed by atoms with van der Waals surface area (Å²) in [5, 5.41) is 0. The van der Waals surface area contributed by atoms with Gasteiger partial charge in [-0.3, -0.25) is 0 Å². The third-order valence-electron chi connectivity index (χ3n) is 4.86. The smallest absolute Gasteiger partial charge is 0.106 e. The fourth-order valence-electron chi connectivity index (χ4n) is 3.42. The zero-order valence-electron chi connectivity index (χ0n) is 15.2. The Kier molecular flexibility index (Phi) is 5.89. The molecule has 2 aromatic rings. The molecule has 2 aromatic carbocycles. The van der Waals surface area contributed by atoms with Gasteiger partial charge < -0.3 is 4.74 Å². The average molecular weight is 340 g/mol. The summed E-state index contributed by atoms with van der Waals surface area (Å²) in [5.74, 6) is 0. The highest BCUT2D eigenvalue weighted by Gasteiger charge is 2.45. The number of hydrogen-bond acceptors (Lipinski definition) is 3. The fraction of sp³-hybridized carbons (Fsp3) is 0.455. The largest absolute Gasteiger partial charge is 0.377 e. The molecule has 0 spiro atoms. The van der Waals surface area contributed by atoms with Gasteiger partial charge in [-0.1, -0.05) is 60.7 Å². The summed E-state index contributed by atoms with van der Waals surface area (Å²) < 4.78 is 5.81. The first-order valence-corrected chi connectivity index (χ1v) is 9.09. The Bertz CT molecular complexity index is 643. The first-order chi connectivity index (χ1) is 12.1. The van der Waals surface area contributed by atoms with Gasteiger partial charge in [-0.05, 0) is 37.8 Å². The second-order valence-electron chi connectivity index (χ2n) is 7.52. The maximum absolute atomic E-state index is 5.81. The minimum atomic E-state index is -0.276. The van der Waals surface area contributed by atoms with Gasteiger partial charge in [0.2, 0.25) is 0 Å². The predicted molar refractivity (Wildman–Crippen MR) is 99.1 cm³/mol. The van der Waals surface area contributed by atoms with Crippen LogP contribution < -0.4 is 0 Å². The van der Waals surface area contributed by atoms with Gasteiger partial charge in [0.25, 0.3) is 0 Å². The van der Waals surface area contributed by atoms with E-state index in [1.807, 2.05) is 24.3 Å². The molecule has 0 amide bonds. The topological polar surface area (TPSA) is 27.7 Å². The molecule has 0 saturated carbocycles. The van der Waals surface area contributed by atoms with Crippen LogP contribution in [0.25, 0.3) is 0 Å². The average Bonchev–Trinajstić information content (AvgIpc) is 2.95. The molecular weight excluding hydrogens is 312 g/mol. The van der Waals surface area contributed by atoms with E-state index in [0.717, 1.165) is 25.7 Å². The number of benzene rings is 2. The van der Waals surface area contributed by atoms with Crippen molar-refractivity contribution in [3.63, 3.8) is 0 Å². The lowest BCUT2D eigenvalue weighted by molar-refractivity contribution is -0.346. The maximum atomic E-state index is 5.81. The van der Waals surface area contributed by atoms with Gasteiger partial charge in [0.05, 0.1) is 6.61 Å². The SMILES string of the molecule is CC1(CCOCc2ccccc2)CC(C)(CCc2ccccc2)OO1. The predicted octanol–water partition coefficient (Wildman–Crippen LogP) is 5.10. The van der Waals surface area contributed by atoms with E-state index in [-0.39, 0.29) is 11.2 Å². The molecule has 0 N–H and O–H groups in total. The van der Waals surface area contributed by atoms with Crippen LogP contribution in [0.3, 0.4) is 0 Å². The summed E-state index contributed by atoms with van der Waals surface area (Å²) in [4.78, 5) is 11.5. The number of hydrogen-bond donors (Lipinski definition) is 0. The Labute approximate surface area is 150 Å². The molecule has 2 unspecified atom stereocenters. The van der Waals surface area contributed by atoms with E-state index in [1.165, 1.54) is 11.1 Å². The molecule has 0 aliphatic carbocycles. The van der Waals surface area contributed by atoms with Crippen molar-refractivity contribution in [1.82, 2.24) is 0 Å². The van der Waals surface area contributed by atoms with Crippen LogP contribution in [0.1, 0.15) is 44.2 Å². The van der Waals surface area contributed by atoms with Gasteiger partial charge in [0.1, 0.15) is 11.2 Å². The summed E-state index contributed by atoms with van der Waals surface area (Å²) >= 11 is 0. The second kappa shape index (κ2) is 8.13. The van der Waals surface area contributed by atoms with E-state index in [0.29, 0.717) is 13.2 Å². The van der Waals surface area contributed by atoms with Crippen LogP contribution in [0.4, 0.5) is 0 Å². The fourth-order valence-corrected chi connectivity index (χ4v) is 3.42. The van der Waals surface area contributed by atoms with Crippen LogP contribution in [0.2, 0.25) is 0 Å². The first kappa shape index (κ1) is 18.1. The molecule has 3 rings (SSSR count). The van der Waals surface area contributed by atoms with E-state index >= 15 is 0 Å². The third kappa shape index (κ3) is 5.40. The van der Waals surface area contributed by atoms with Crippen molar-refractivity contribution in [2.24, 2.45) is 0 Å². The van der Waals surface area contributed by atoms with Gasteiger partial charge in [0.15, 0.2) is 0 Å². The highest BCUT2D eigenvalue weighted by Crippen LogP contribution is 2.40. The molecule has 1 heterocycles. The Morgan fingerprint density at radius 1 is 0.800 bits per heavy atom. The number of ether oxygens (including phenoxy) is 1. The van der Waals surface area contributed by atoms with Crippen molar-refractivity contribution in [3.05, 3.63) is 71.8 Å². The Balaban J connectivity index is 1.42. The second-order valence-corrected chi connectivity index (χ2v) is 7.52. The van der Waals surface area contributed by atoms with Crippen LogP contribution in [0.15, 0.2) is 60.7 Å². The zero-order valence-corrected chi connectivity index (χ0v) is 15.2. The van der Waals surface area contributed by atoms with E-state index in [1.54, 1.807) is 0 Å². The van der Waals surface area contributed by atoms with Crippen LogP contribution in [0.5, 0.6) is 0 Å². The Morgan fingerprint density at radius 2 is 1.36 bits per heavy atom. The number of rotatable bonds is 8. The van der Waals surface area contributed by atoms with E-state index < -0.39 is 0 Å². The minimum absolute atomic E-state index is 0.232. The molecule has 0 bridgehead atoms. The lowest BCUT2D eigenvalue weighted by Crippen LogP contribution is -2.30. The minimum Gasteiger partial charge on any atom is -0.377 e. The van der Waals surface area contributed by atoms with Crippen molar-refractivity contribution in [2.45, 2.75) is 57.3 Å². The molecule has 0 aromatic heterocycles. The quantitative estimate of drug-likeness (QED) is 0.494. The standard InChI is InChI=1S/C22H28O3/c1-21(14-13-19-9-5-3-6-10-19)18-22(2,25-24-21)15-16-23-17-20-11-7-4-8-12-20/h3-12H,13-18H2,1-2H3. The maximum Gasteiger partial charge on any atom is 0.106 e. The molecule has 1 aliphatic rings. The normalized spacial score (nSPS) is 26.0. The molecule has 2 atom stereocenters. The summed E-state index contributed by atoms with van der Waals surface area (Å²) in [6, 6.07) is 20.8. The van der Waals surface area contributed by atoms with Crippen LogP contribution in [-0.2, 0) is 27.5 Å². The molecule has 25 heavy (non-hydrogen) atoms. The molecule has 0 radical (unpaired) electrons. The van der Waals surface area contributed by atoms with Crippen molar-refractivity contribution in [3.8, 4) is 0 Å². The van der Waals surface area contributed by atoms with Crippen molar-refractivity contribution in [2.75, 3.05) is 6.61 Å². The Hall–Kier alpha value is -1.68. The molecular formula is C22H28O3. The van der Waals surface area contributed by atoms with Crippen LogP contribution in [-0.4, -0.2) is 17.8 Å². The molecule has 134 valence electrons. The lowest BCUT2D eigenvalue weighted by Gasteiger charge is -2.23. The zero-order chi connectivity index (χ0) is 17.6. The summed E-state index contributed by atoms with van der Waals surface area (Å²) in [7, 11) is 0. The molecule has 1 aliphatic heterocycles. The summed E-state index contributed by atoms with van der Waals surface area (Å²) in [6.45, 7) is 5.57. The van der Waals surface area contributed by atoms with E-state index in [9.17, 15) is 0 Å². The van der Waals surface area contributed by atoms with Crippen LogP contribution in [0, 0.1) is 0 Å². The first-order valence-electron chi connectivity index (χ1n) is 9.09. The van der Waals surface area contributed by atoms with Gasteiger partial charge in [0, 0.05) is 19.4 Å². The third-order valence-corrected chi connectivity index (χ3v) is 4.86. The van der Waals surface area contributed by atoms with Gasteiger partial charge in [-0.25, -0.2) is 9.78 Å². The van der Waals surface area contributed by atoms with E-state index in [2.05, 4.69) is 50.2 Å². The molecule has 3 nitrogen and oxygen atoms in total. The van der Waals surface area contributed by atoms with E-state index in [4.69, 9.17) is 14.5 Å². The van der Waals surface area contributed by atoms with Crippen molar-refractivity contribution >= 4 is 0 Å². The van der Waals surface area contributed by atoms with Crippen molar-refractivity contribution < 1.29 is 14.5 Å². The Morgan fingerprint density at radius 3 is 2.00 bits per heavy atom. The monoisotopic (exact) mass is 340 g/mol. The molecule has 3 heteroatoms. The highest BCUT2D eigenvalue weighted by atomic mass is 17.2. The summed E-state index contributed by atoms with van der Waals surface area (Å²) in [6.07, 6.45) is 3.68. The number of aryl methyl sites for hydroxylation is 1. The molecule has 1 saturated heterocycles.